The molecule has 0 aliphatic carbocycles. The van der Waals surface area contributed by atoms with Crippen molar-refractivity contribution in [2.75, 3.05) is 37.7 Å². The fourth-order valence-corrected chi connectivity index (χ4v) is 4.27. The lowest BCUT2D eigenvalue weighted by atomic mass is 9.91. The molecule has 124 valence electrons. The lowest BCUT2D eigenvalue weighted by Crippen LogP contribution is -2.59. The van der Waals surface area contributed by atoms with Gasteiger partial charge in [-0.1, -0.05) is 11.3 Å². The Morgan fingerprint density at radius 3 is 3.09 bits per heavy atom. The predicted molar refractivity (Wildman–Crippen MR) is 88.5 cm³/mol. The monoisotopic (exact) mass is 334 g/mol. The van der Waals surface area contributed by atoms with Crippen LogP contribution in [-0.2, 0) is 18.3 Å². The molecule has 0 saturated carbocycles. The summed E-state index contributed by atoms with van der Waals surface area (Å²) in [4.78, 5) is 4.82. The Bertz CT molecular complexity index is 640. The van der Waals surface area contributed by atoms with Crippen LogP contribution in [0.5, 0.6) is 0 Å². The summed E-state index contributed by atoms with van der Waals surface area (Å²) in [6.07, 6.45) is 6.30. The second-order valence-electron chi connectivity index (χ2n) is 6.51. The summed E-state index contributed by atoms with van der Waals surface area (Å²) in [5.74, 6) is 0. The molecule has 0 aromatic carbocycles. The summed E-state index contributed by atoms with van der Waals surface area (Å²) in [6.45, 7) is 5.64. The number of rotatable bonds is 3. The van der Waals surface area contributed by atoms with Crippen LogP contribution in [0.1, 0.15) is 18.4 Å². The minimum Gasteiger partial charge on any atom is -0.370 e. The Kier molecular flexibility index (Phi) is 4.04. The van der Waals surface area contributed by atoms with Gasteiger partial charge < -0.3 is 9.64 Å². The Morgan fingerprint density at radius 1 is 1.35 bits per heavy atom. The SMILES string of the molecule is Cn1cc(CN2CCOC3(CCCN(c4nncs4)C3)C2)cn1. The Morgan fingerprint density at radius 2 is 2.30 bits per heavy atom. The largest absolute Gasteiger partial charge is 0.370 e. The van der Waals surface area contributed by atoms with Gasteiger partial charge in [-0.15, -0.1) is 10.2 Å². The van der Waals surface area contributed by atoms with Crippen molar-refractivity contribution >= 4 is 16.5 Å². The molecule has 1 unspecified atom stereocenters. The minimum absolute atomic E-state index is 0.0790. The first-order valence-corrected chi connectivity index (χ1v) is 8.95. The number of anilines is 1. The fraction of sp³-hybridized carbons (Fsp3) is 0.667. The van der Waals surface area contributed by atoms with Crippen molar-refractivity contribution in [1.82, 2.24) is 24.9 Å². The zero-order valence-electron chi connectivity index (χ0n) is 13.4. The van der Waals surface area contributed by atoms with Gasteiger partial charge in [0.1, 0.15) is 5.51 Å². The molecule has 0 amide bonds. The van der Waals surface area contributed by atoms with E-state index in [1.807, 2.05) is 17.9 Å². The maximum atomic E-state index is 6.26. The first kappa shape index (κ1) is 15.0. The molecule has 2 aromatic rings. The second kappa shape index (κ2) is 6.18. The van der Waals surface area contributed by atoms with Crippen LogP contribution in [0.2, 0.25) is 0 Å². The van der Waals surface area contributed by atoms with Crippen LogP contribution in [0, 0.1) is 0 Å². The summed E-state index contributed by atoms with van der Waals surface area (Å²) in [6, 6.07) is 0. The number of nitrogens with zero attached hydrogens (tertiary/aromatic N) is 6. The summed E-state index contributed by atoms with van der Waals surface area (Å²) in [5.41, 5.74) is 2.98. The van der Waals surface area contributed by atoms with E-state index in [1.54, 1.807) is 16.8 Å². The van der Waals surface area contributed by atoms with Crippen LogP contribution in [0.15, 0.2) is 17.9 Å². The molecule has 2 aliphatic rings. The maximum Gasteiger partial charge on any atom is 0.208 e. The van der Waals surface area contributed by atoms with Crippen molar-refractivity contribution in [2.45, 2.75) is 25.0 Å². The topological polar surface area (TPSA) is 59.3 Å². The average molecular weight is 334 g/mol. The van der Waals surface area contributed by atoms with Gasteiger partial charge in [-0.2, -0.15) is 5.10 Å². The van der Waals surface area contributed by atoms with Gasteiger partial charge in [0.25, 0.3) is 0 Å². The molecule has 1 atom stereocenters. The van der Waals surface area contributed by atoms with Gasteiger partial charge in [0, 0.05) is 45.0 Å². The van der Waals surface area contributed by atoms with Gasteiger partial charge >= 0.3 is 0 Å². The molecule has 0 bridgehead atoms. The second-order valence-corrected chi connectivity index (χ2v) is 7.32. The standard InChI is InChI=1S/C15H22N6OS/c1-19-8-13(7-17-19)9-20-5-6-22-15(10-20)3-2-4-21(11-15)14-18-16-12-23-14/h7-8,12H,2-6,9-11H2,1H3. The summed E-state index contributed by atoms with van der Waals surface area (Å²) in [7, 11) is 1.96. The fourth-order valence-electron chi connectivity index (χ4n) is 3.68. The van der Waals surface area contributed by atoms with Crippen LogP contribution in [-0.4, -0.2) is 63.3 Å². The van der Waals surface area contributed by atoms with Crippen LogP contribution in [0.4, 0.5) is 5.13 Å². The van der Waals surface area contributed by atoms with E-state index >= 15 is 0 Å². The highest BCUT2D eigenvalue weighted by atomic mass is 32.1. The van der Waals surface area contributed by atoms with Gasteiger partial charge in [-0.05, 0) is 12.8 Å². The van der Waals surface area contributed by atoms with E-state index in [1.165, 1.54) is 5.56 Å². The third-order valence-corrected chi connectivity index (χ3v) is 5.40. The molecule has 4 heterocycles. The quantitative estimate of drug-likeness (QED) is 0.839. The number of hydrogen-bond acceptors (Lipinski definition) is 7. The molecule has 0 N–H and O–H groups in total. The zero-order valence-corrected chi connectivity index (χ0v) is 14.2. The average Bonchev–Trinajstić information content (AvgIpc) is 3.19. The van der Waals surface area contributed by atoms with Crippen LogP contribution in [0.3, 0.4) is 0 Å². The third kappa shape index (κ3) is 3.24. The molecule has 2 aliphatic heterocycles. The van der Waals surface area contributed by atoms with E-state index in [0.717, 1.165) is 57.3 Å². The predicted octanol–water partition coefficient (Wildman–Crippen LogP) is 1.14. The highest BCUT2D eigenvalue weighted by Crippen LogP contribution is 2.32. The van der Waals surface area contributed by atoms with Gasteiger partial charge in [0.2, 0.25) is 5.13 Å². The van der Waals surface area contributed by atoms with Crippen molar-refractivity contribution in [3.63, 3.8) is 0 Å². The lowest BCUT2D eigenvalue weighted by molar-refractivity contribution is -0.116. The molecular formula is C15H22N6OS. The molecule has 2 saturated heterocycles. The molecule has 1 spiro atoms. The van der Waals surface area contributed by atoms with E-state index in [9.17, 15) is 0 Å². The van der Waals surface area contributed by atoms with E-state index in [2.05, 4.69) is 31.3 Å². The summed E-state index contributed by atoms with van der Waals surface area (Å²) < 4.78 is 8.12. The van der Waals surface area contributed by atoms with E-state index in [0.29, 0.717) is 0 Å². The van der Waals surface area contributed by atoms with Gasteiger partial charge in [0.05, 0.1) is 24.9 Å². The highest BCUT2D eigenvalue weighted by molar-refractivity contribution is 7.13. The van der Waals surface area contributed by atoms with Crippen molar-refractivity contribution in [3.05, 3.63) is 23.5 Å². The smallest absolute Gasteiger partial charge is 0.208 e. The zero-order chi connectivity index (χ0) is 15.7. The van der Waals surface area contributed by atoms with Crippen molar-refractivity contribution in [2.24, 2.45) is 7.05 Å². The van der Waals surface area contributed by atoms with Crippen LogP contribution < -0.4 is 4.90 Å². The van der Waals surface area contributed by atoms with Gasteiger partial charge in [-0.3, -0.25) is 9.58 Å². The number of hydrogen-bond donors (Lipinski definition) is 0. The van der Waals surface area contributed by atoms with Crippen molar-refractivity contribution in [1.29, 1.82) is 0 Å². The molecular weight excluding hydrogens is 312 g/mol. The third-order valence-electron chi connectivity index (χ3n) is 4.65. The molecule has 7 nitrogen and oxygen atoms in total. The van der Waals surface area contributed by atoms with E-state index < -0.39 is 0 Å². The maximum absolute atomic E-state index is 6.26. The highest BCUT2D eigenvalue weighted by Gasteiger charge is 2.41. The minimum atomic E-state index is -0.0790. The summed E-state index contributed by atoms with van der Waals surface area (Å²) in [5, 5.41) is 13.5. The number of ether oxygens (including phenoxy) is 1. The first-order valence-electron chi connectivity index (χ1n) is 8.07. The first-order chi connectivity index (χ1) is 11.2. The molecule has 4 rings (SSSR count). The van der Waals surface area contributed by atoms with Crippen molar-refractivity contribution in [3.8, 4) is 0 Å². The van der Waals surface area contributed by atoms with Gasteiger partial charge in [-0.25, -0.2) is 0 Å². The molecule has 8 heteroatoms. The Balaban J connectivity index is 1.45. The molecule has 23 heavy (non-hydrogen) atoms. The number of aromatic nitrogens is 4. The summed E-state index contributed by atoms with van der Waals surface area (Å²) >= 11 is 1.61. The molecule has 0 radical (unpaired) electrons. The van der Waals surface area contributed by atoms with Crippen molar-refractivity contribution < 1.29 is 4.74 Å². The number of piperidine rings is 1. The van der Waals surface area contributed by atoms with Crippen LogP contribution in [0.25, 0.3) is 0 Å². The molecule has 2 aromatic heterocycles. The van der Waals surface area contributed by atoms with Gasteiger partial charge in [0.15, 0.2) is 0 Å². The normalized spacial score (nSPS) is 26.0. The van der Waals surface area contributed by atoms with Crippen LogP contribution >= 0.6 is 11.3 Å². The Hall–Kier alpha value is -1.51. The van der Waals surface area contributed by atoms with E-state index in [4.69, 9.17) is 4.74 Å². The number of morpholine rings is 1. The lowest BCUT2D eigenvalue weighted by Gasteiger charge is -2.48. The molecule has 2 fully saturated rings. The Labute approximate surface area is 139 Å². The number of aryl methyl sites for hydroxylation is 1. The van der Waals surface area contributed by atoms with E-state index in [-0.39, 0.29) is 5.60 Å².